The van der Waals surface area contributed by atoms with Crippen molar-refractivity contribution in [2.75, 3.05) is 6.26 Å². The molecule has 2 rings (SSSR count). The monoisotopic (exact) mass is 270 g/mol. The molecule has 0 bridgehead atoms. The third kappa shape index (κ3) is 2.35. The van der Waals surface area contributed by atoms with E-state index in [1.165, 1.54) is 6.20 Å². The molecule has 0 spiro atoms. The van der Waals surface area contributed by atoms with E-state index >= 15 is 0 Å². The normalized spacial score (nSPS) is 11.7. The van der Waals surface area contributed by atoms with E-state index in [4.69, 9.17) is 11.6 Å². The zero-order valence-corrected chi connectivity index (χ0v) is 11.0. The number of hydrogen-bond donors (Lipinski definition) is 0. The third-order valence-corrected chi connectivity index (χ3v) is 3.59. The summed E-state index contributed by atoms with van der Waals surface area (Å²) in [4.78, 5) is 4.21. The lowest BCUT2D eigenvalue weighted by molar-refractivity contribution is 0.594. The number of aryl methyl sites for hydroxylation is 1. The van der Waals surface area contributed by atoms with E-state index in [9.17, 15) is 8.42 Å². The molecule has 0 amide bonds. The molecule has 0 fully saturated rings. The first-order valence-electron chi connectivity index (χ1n) is 4.91. The van der Waals surface area contributed by atoms with Crippen molar-refractivity contribution >= 4 is 21.6 Å². The summed E-state index contributed by atoms with van der Waals surface area (Å²) < 4.78 is 24.4. The van der Waals surface area contributed by atoms with Crippen molar-refractivity contribution < 1.29 is 8.42 Å². The zero-order chi connectivity index (χ0) is 12.6. The Labute approximate surface area is 105 Å². The van der Waals surface area contributed by atoms with E-state index in [0.717, 1.165) is 10.2 Å². The van der Waals surface area contributed by atoms with Crippen LogP contribution < -0.4 is 0 Å². The molecule has 0 unspecified atom stereocenters. The number of rotatable bonds is 2. The molecule has 0 saturated carbocycles. The highest BCUT2D eigenvalue weighted by atomic mass is 35.5. The largest absolute Gasteiger partial charge is 0.237 e. The van der Waals surface area contributed by atoms with Crippen molar-refractivity contribution in [2.45, 2.75) is 6.92 Å². The summed E-state index contributed by atoms with van der Waals surface area (Å²) in [6, 6.07) is 7.02. The molecule has 0 saturated heterocycles. The highest BCUT2D eigenvalue weighted by molar-refractivity contribution is 7.89. The summed E-state index contributed by atoms with van der Waals surface area (Å²) in [5.74, 6) is 0.343. The van der Waals surface area contributed by atoms with Crippen LogP contribution in [0.15, 0.2) is 30.5 Å². The van der Waals surface area contributed by atoms with Gasteiger partial charge in [0.2, 0.25) is 10.0 Å². The second-order valence-electron chi connectivity index (χ2n) is 3.74. The smallest absolute Gasteiger partial charge is 0.233 e. The number of benzene rings is 1. The molecule has 0 aliphatic rings. The molecule has 0 radical (unpaired) electrons. The van der Waals surface area contributed by atoms with Gasteiger partial charge in [0.15, 0.2) is 5.82 Å². The average Bonchev–Trinajstić information content (AvgIpc) is 2.60. The van der Waals surface area contributed by atoms with E-state index in [-0.39, 0.29) is 0 Å². The van der Waals surface area contributed by atoms with Gasteiger partial charge in [-0.2, -0.15) is 0 Å². The van der Waals surface area contributed by atoms with E-state index in [0.29, 0.717) is 22.1 Å². The lowest BCUT2D eigenvalue weighted by atomic mass is 10.2. The van der Waals surface area contributed by atoms with Crippen LogP contribution in [0.25, 0.3) is 11.4 Å². The topological polar surface area (TPSA) is 52.0 Å². The van der Waals surface area contributed by atoms with Crippen molar-refractivity contribution in [1.29, 1.82) is 0 Å². The van der Waals surface area contributed by atoms with Gasteiger partial charge >= 0.3 is 0 Å². The molecule has 6 heteroatoms. The molecule has 0 atom stereocenters. The molecule has 90 valence electrons. The van der Waals surface area contributed by atoms with Gasteiger partial charge in [0.1, 0.15) is 0 Å². The summed E-state index contributed by atoms with van der Waals surface area (Å²) in [6.45, 7) is 1.74. The van der Waals surface area contributed by atoms with Crippen molar-refractivity contribution in [2.24, 2.45) is 0 Å². The maximum atomic E-state index is 11.6. The first kappa shape index (κ1) is 12.1. The molecular formula is C11H11ClN2O2S. The van der Waals surface area contributed by atoms with Crippen LogP contribution in [0.2, 0.25) is 5.02 Å². The molecule has 4 nitrogen and oxygen atoms in total. The summed E-state index contributed by atoms with van der Waals surface area (Å²) in [5.41, 5.74) is 1.23. The number of nitrogens with zero attached hydrogens (tertiary/aromatic N) is 2. The molecule has 0 N–H and O–H groups in total. The van der Waals surface area contributed by atoms with Crippen LogP contribution in [0, 0.1) is 6.92 Å². The zero-order valence-electron chi connectivity index (χ0n) is 9.38. The van der Waals surface area contributed by atoms with Crippen LogP contribution in [0.5, 0.6) is 0 Å². The minimum absolute atomic E-state index is 0.343. The maximum absolute atomic E-state index is 11.6. The summed E-state index contributed by atoms with van der Waals surface area (Å²) >= 11 is 6.04. The Morgan fingerprint density at radius 1 is 1.29 bits per heavy atom. The first-order chi connectivity index (χ1) is 7.89. The van der Waals surface area contributed by atoms with Crippen LogP contribution in [0.1, 0.15) is 5.69 Å². The molecule has 17 heavy (non-hydrogen) atoms. The van der Waals surface area contributed by atoms with Gasteiger partial charge in [0.05, 0.1) is 17.0 Å². The Morgan fingerprint density at radius 2 is 1.94 bits per heavy atom. The van der Waals surface area contributed by atoms with E-state index < -0.39 is 10.0 Å². The number of halogens is 1. The lowest BCUT2D eigenvalue weighted by Crippen LogP contribution is -2.10. The van der Waals surface area contributed by atoms with Crippen molar-refractivity contribution in [3.8, 4) is 11.4 Å². The Morgan fingerprint density at radius 3 is 2.53 bits per heavy atom. The molecule has 0 aliphatic carbocycles. The maximum Gasteiger partial charge on any atom is 0.237 e. The van der Waals surface area contributed by atoms with Crippen molar-refractivity contribution in [1.82, 2.24) is 8.96 Å². The highest BCUT2D eigenvalue weighted by Gasteiger charge is 2.17. The Bertz CT molecular complexity index is 662. The van der Waals surface area contributed by atoms with Gasteiger partial charge in [-0.3, -0.25) is 0 Å². The summed E-state index contributed by atoms with van der Waals surface area (Å²) in [7, 11) is -3.38. The molecule has 0 aliphatic heterocycles. The fraction of sp³-hybridized carbons (Fsp3) is 0.182. The first-order valence-corrected chi connectivity index (χ1v) is 7.13. The van der Waals surface area contributed by atoms with Gasteiger partial charge in [-0.25, -0.2) is 17.4 Å². The predicted molar refractivity (Wildman–Crippen MR) is 67.7 cm³/mol. The van der Waals surface area contributed by atoms with E-state index in [1.54, 1.807) is 31.2 Å². The van der Waals surface area contributed by atoms with Crippen LogP contribution in [0.4, 0.5) is 0 Å². The quantitative estimate of drug-likeness (QED) is 0.841. The second-order valence-corrected chi connectivity index (χ2v) is 6.01. The van der Waals surface area contributed by atoms with Gasteiger partial charge in [-0.1, -0.05) is 23.7 Å². The van der Waals surface area contributed by atoms with E-state index in [1.807, 2.05) is 0 Å². The Kier molecular flexibility index (Phi) is 2.97. The lowest BCUT2D eigenvalue weighted by Gasteiger charge is -2.06. The van der Waals surface area contributed by atoms with E-state index in [2.05, 4.69) is 4.98 Å². The van der Waals surface area contributed by atoms with Crippen molar-refractivity contribution in [3.05, 3.63) is 41.2 Å². The average molecular weight is 271 g/mol. The van der Waals surface area contributed by atoms with Gasteiger partial charge in [0, 0.05) is 11.8 Å². The van der Waals surface area contributed by atoms with Gasteiger partial charge in [-0.05, 0) is 19.1 Å². The predicted octanol–water partition coefficient (Wildman–Crippen LogP) is 2.32. The van der Waals surface area contributed by atoms with Gasteiger partial charge < -0.3 is 0 Å². The molecule has 1 aromatic carbocycles. The van der Waals surface area contributed by atoms with Gasteiger partial charge in [0.25, 0.3) is 0 Å². The third-order valence-electron chi connectivity index (χ3n) is 2.27. The van der Waals surface area contributed by atoms with Crippen molar-refractivity contribution in [3.63, 3.8) is 0 Å². The van der Waals surface area contributed by atoms with Crippen LogP contribution in [-0.4, -0.2) is 23.6 Å². The number of imidazole rings is 1. The Balaban J connectivity index is 2.73. The second kappa shape index (κ2) is 4.16. The molecule has 2 aromatic rings. The number of aromatic nitrogens is 2. The SMILES string of the molecule is Cc1cn(S(C)(=O)=O)c(-c2ccccc2Cl)n1. The molecular weight excluding hydrogens is 260 g/mol. The summed E-state index contributed by atoms with van der Waals surface area (Å²) in [5, 5.41) is 0.475. The van der Waals surface area contributed by atoms with Gasteiger partial charge in [-0.15, -0.1) is 0 Å². The minimum atomic E-state index is -3.38. The highest BCUT2D eigenvalue weighted by Crippen LogP contribution is 2.27. The molecule has 1 heterocycles. The fourth-order valence-electron chi connectivity index (χ4n) is 1.55. The minimum Gasteiger partial charge on any atom is -0.233 e. The number of hydrogen-bond acceptors (Lipinski definition) is 3. The standard InChI is InChI=1S/C11H11ClN2O2S/c1-8-7-14(17(2,15)16)11(13-8)9-5-3-4-6-10(9)12/h3-7H,1-2H3. The van der Waals surface area contributed by atoms with Crippen LogP contribution >= 0.6 is 11.6 Å². The fourth-order valence-corrected chi connectivity index (χ4v) is 2.57. The summed E-state index contributed by atoms with van der Waals surface area (Å²) in [6.07, 6.45) is 2.61. The molecule has 1 aromatic heterocycles. The van der Waals surface area contributed by atoms with Crippen LogP contribution in [-0.2, 0) is 10.0 Å². The van der Waals surface area contributed by atoms with Crippen LogP contribution in [0.3, 0.4) is 0 Å². The Hall–Kier alpha value is -1.33.